The summed E-state index contributed by atoms with van der Waals surface area (Å²) < 4.78 is 23.5. The third-order valence-corrected chi connectivity index (χ3v) is 10.5. The van der Waals surface area contributed by atoms with Gasteiger partial charge in [0.25, 0.3) is 5.91 Å². The second-order valence-electron chi connectivity index (χ2n) is 13.4. The molecule has 4 rings (SSSR count). The van der Waals surface area contributed by atoms with Crippen LogP contribution in [0.15, 0.2) is 48.5 Å². The van der Waals surface area contributed by atoms with Gasteiger partial charge in [0, 0.05) is 50.0 Å². The number of halogens is 1. The predicted molar refractivity (Wildman–Crippen MR) is 182 cm³/mol. The van der Waals surface area contributed by atoms with Gasteiger partial charge in [-0.05, 0) is 85.9 Å². The number of nitrogens with zero attached hydrogens (tertiary/aromatic N) is 3. The lowest BCUT2D eigenvalue weighted by Crippen LogP contribution is -2.52. The Kier molecular flexibility index (Phi) is 12.7. The first-order valence-corrected chi connectivity index (χ1v) is 17.7. The Labute approximate surface area is 270 Å². The summed E-state index contributed by atoms with van der Waals surface area (Å²) in [4.78, 5) is 32.1. The molecule has 0 aromatic heterocycles. The van der Waals surface area contributed by atoms with Gasteiger partial charge in [0.2, 0.25) is 0 Å². The fourth-order valence-corrected chi connectivity index (χ4v) is 7.29. The van der Waals surface area contributed by atoms with Crippen LogP contribution in [0.5, 0.6) is 0 Å². The van der Waals surface area contributed by atoms with Crippen molar-refractivity contribution in [3.8, 4) is 0 Å². The van der Waals surface area contributed by atoms with E-state index in [-0.39, 0.29) is 41.3 Å². The Bertz CT molecular complexity index is 1340. The fraction of sp³-hybridized carbons (Fsp3) is 0.588. The number of amides is 3. The van der Waals surface area contributed by atoms with Gasteiger partial charge in [-0.15, -0.1) is 12.4 Å². The highest BCUT2D eigenvalue weighted by Gasteiger charge is 2.31. The van der Waals surface area contributed by atoms with Crippen LogP contribution < -0.4 is 5.32 Å². The highest BCUT2D eigenvalue weighted by molar-refractivity contribution is 7.91. The third kappa shape index (κ3) is 9.94. The van der Waals surface area contributed by atoms with Gasteiger partial charge in [0.15, 0.2) is 9.84 Å². The predicted octanol–water partition coefficient (Wildman–Crippen LogP) is 5.86. The summed E-state index contributed by atoms with van der Waals surface area (Å²) in [5.74, 6) is 0.558. The monoisotopic (exact) mass is 646 g/mol. The molecular formula is C34H51ClN4O4S. The summed E-state index contributed by atoms with van der Waals surface area (Å²) in [6, 6.07) is 16.3. The number of nitrogens with one attached hydrogen (secondary N) is 1. The molecule has 2 aromatic carbocycles. The molecule has 3 amide bonds. The Hall–Kier alpha value is -2.62. The minimum absolute atomic E-state index is 0. The van der Waals surface area contributed by atoms with Gasteiger partial charge >= 0.3 is 6.03 Å². The zero-order valence-electron chi connectivity index (χ0n) is 27.0. The van der Waals surface area contributed by atoms with E-state index < -0.39 is 9.84 Å². The number of piperidine rings is 1. The maximum absolute atomic E-state index is 13.0. The summed E-state index contributed by atoms with van der Waals surface area (Å²) in [6.07, 6.45) is 3.88. The van der Waals surface area contributed by atoms with E-state index in [2.05, 4.69) is 57.0 Å². The van der Waals surface area contributed by atoms with Crippen LogP contribution >= 0.6 is 12.4 Å². The first-order chi connectivity index (χ1) is 20.3. The van der Waals surface area contributed by atoms with Crippen molar-refractivity contribution >= 4 is 39.9 Å². The largest absolute Gasteiger partial charge is 0.325 e. The second-order valence-corrected chi connectivity index (χ2v) is 15.7. The molecule has 2 saturated heterocycles. The van der Waals surface area contributed by atoms with Crippen molar-refractivity contribution in [1.29, 1.82) is 0 Å². The number of likely N-dealkylation sites (tertiary alicyclic amines) is 1. The average Bonchev–Trinajstić information content (AvgIpc) is 2.97. The molecule has 0 aliphatic carbocycles. The lowest BCUT2D eigenvalue weighted by atomic mass is 9.87. The second kappa shape index (κ2) is 15.6. The van der Waals surface area contributed by atoms with Crippen molar-refractivity contribution in [2.75, 3.05) is 56.1 Å². The van der Waals surface area contributed by atoms with Crippen LogP contribution in [0.4, 0.5) is 10.5 Å². The molecule has 0 radical (unpaired) electrons. The van der Waals surface area contributed by atoms with Crippen LogP contribution in [0.3, 0.4) is 0 Å². The Balaban J connectivity index is 0.00000529. The summed E-state index contributed by atoms with van der Waals surface area (Å²) in [7, 11) is -3.00. The first-order valence-electron chi connectivity index (χ1n) is 15.8. The molecule has 2 aliphatic heterocycles. The molecule has 10 heteroatoms. The minimum Gasteiger partial charge on any atom is -0.325 e. The van der Waals surface area contributed by atoms with E-state index in [1.165, 1.54) is 11.1 Å². The van der Waals surface area contributed by atoms with E-state index >= 15 is 0 Å². The van der Waals surface area contributed by atoms with Gasteiger partial charge < -0.3 is 20.0 Å². The van der Waals surface area contributed by atoms with Crippen LogP contribution in [0.1, 0.15) is 75.4 Å². The number of hydrogen-bond acceptors (Lipinski definition) is 5. The van der Waals surface area contributed by atoms with E-state index in [0.29, 0.717) is 30.6 Å². The molecule has 0 saturated carbocycles. The molecule has 1 N–H and O–H groups in total. The summed E-state index contributed by atoms with van der Waals surface area (Å²) in [6.45, 7) is 15.1. The number of rotatable bonds is 9. The number of hydrogen-bond donors (Lipinski definition) is 1. The van der Waals surface area contributed by atoms with Gasteiger partial charge in [-0.2, -0.15) is 0 Å². The highest BCUT2D eigenvalue weighted by Crippen LogP contribution is 2.24. The maximum atomic E-state index is 13.0. The summed E-state index contributed by atoms with van der Waals surface area (Å²) in [5, 5.41) is 3.07. The van der Waals surface area contributed by atoms with Crippen molar-refractivity contribution in [3.05, 3.63) is 65.2 Å². The molecule has 2 fully saturated rings. The van der Waals surface area contributed by atoms with Gasteiger partial charge in [0.1, 0.15) is 0 Å². The minimum atomic E-state index is -3.00. The van der Waals surface area contributed by atoms with Crippen molar-refractivity contribution in [2.24, 2.45) is 5.92 Å². The number of sulfone groups is 1. The fourth-order valence-electron chi connectivity index (χ4n) is 6.09. The molecule has 0 spiro atoms. The molecule has 1 atom stereocenters. The quantitative estimate of drug-likeness (QED) is 0.369. The molecule has 1 unspecified atom stereocenters. The van der Waals surface area contributed by atoms with Gasteiger partial charge in [0.05, 0.1) is 11.5 Å². The van der Waals surface area contributed by atoms with E-state index in [4.69, 9.17) is 0 Å². The lowest BCUT2D eigenvalue weighted by Gasteiger charge is -2.39. The zero-order valence-corrected chi connectivity index (χ0v) is 28.7. The molecule has 244 valence electrons. The van der Waals surface area contributed by atoms with Crippen molar-refractivity contribution in [1.82, 2.24) is 14.7 Å². The van der Waals surface area contributed by atoms with Crippen LogP contribution in [-0.4, -0.2) is 91.9 Å². The number of benzene rings is 2. The number of urea groups is 1. The van der Waals surface area contributed by atoms with Crippen LogP contribution in [-0.2, 0) is 21.7 Å². The molecular weight excluding hydrogens is 596 g/mol. The summed E-state index contributed by atoms with van der Waals surface area (Å²) >= 11 is 0. The highest BCUT2D eigenvalue weighted by atomic mass is 35.5. The average molecular weight is 647 g/mol. The summed E-state index contributed by atoms with van der Waals surface area (Å²) in [5.41, 5.74) is 3.90. The Morgan fingerprint density at radius 1 is 0.977 bits per heavy atom. The molecule has 0 bridgehead atoms. The van der Waals surface area contributed by atoms with Crippen molar-refractivity contribution in [2.45, 2.75) is 71.8 Å². The maximum Gasteiger partial charge on any atom is 0.320 e. The van der Waals surface area contributed by atoms with Crippen molar-refractivity contribution in [3.63, 3.8) is 0 Å². The number of carbonyl (C=O) groups excluding carboxylic acids is 2. The lowest BCUT2D eigenvalue weighted by molar-refractivity contribution is 0.102. The van der Waals surface area contributed by atoms with Crippen LogP contribution in [0.2, 0.25) is 0 Å². The van der Waals surface area contributed by atoms with Crippen LogP contribution in [0, 0.1) is 5.92 Å². The molecule has 2 heterocycles. The molecule has 2 aliphatic rings. The number of carbonyl (C=O) groups is 2. The van der Waals surface area contributed by atoms with Gasteiger partial charge in [-0.3, -0.25) is 4.79 Å². The number of anilines is 1. The normalized spacial score (nSPS) is 18.0. The van der Waals surface area contributed by atoms with Crippen LogP contribution in [0.25, 0.3) is 0 Å². The van der Waals surface area contributed by atoms with E-state index in [9.17, 15) is 18.0 Å². The molecule has 44 heavy (non-hydrogen) atoms. The van der Waals surface area contributed by atoms with Gasteiger partial charge in [-0.25, -0.2) is 13.2 Å². The molecule has 8 nitrogen and oxygen atoms in total. The Morgan fingerprint density at radius 2 is 1.59 bits per heavy atom. The SMILES string of the molecule is CCCN(CC1CCN(C(=O)N2CCS(=O)(=O)CC2)CC1)C(C)Cc1cccc(NC(=O)c2ccc(C(C)(C)C)cc2)c1.Cl. The standard InChI is InChI=1S/C34H50N4O4S.ClH/c1-6-16-38(25-27-14-17-36(18-15-27)33(40)37-19-21-43(41,42)22-20-37)26(2)23-28-8-7-9-31(24-28)35-32(39)29-10-12-30(13-11-29)34(3,4)5;/h7-13,24,26-27H,6,14-23,25H2,1-5H3,(H,35,39);1H. The third-order valence-electron chi connectivity index (χ3n) is 8.86. The topological polar surface area (TPSA) is 90.0 Å². The van der Waals surface area contributed by atoms with Crippen molar-refractivity contribution < 1.29 is 18.0 Å². The zero-order chi connectivity index (χ0) is 31.2. The smallest absolute Gasteiger partial charge is 0.320 e. The Morgan fingerprint density at radius 3 is 2.18 bits per heavy atom. The van der Waals surface area contributed by atoms with E-state index in [0.717, 1.165) is 57.5 Å². The van der Waals surface area contributed by atoms with E-state index in [1.54, 1.807) is 4.90 Å². The first kappa shape index (κ1) is 35.9. The van der Waals surface area contributed by atoms with E-state index in [1.807, 2.05) is 41.3 Å². The van der Waals surface area contributed by atoms with Gasteiger partial charge in [-0.1, -0.05) is 52.0 Å². The molecule has 2 aromatic rings.